The van der Waals surface area contributed by atoms with Gasteiger partial charge in [-0.1, -0.05) is 62.1 Å². The molecular formula is C26H32BrClN2O3. The first-order valence-corrected chi connectivity index (χ1v) is 12.8. The fourth-order valence-corrected chi connectivity index (χ4v) is 5.05. The summed E-state index contributed by atoms with van der Waals surface area (Å²) < 4.78 is 6.47. The van der Waals surface area contributed by atoms with Crippen molar-refractivity contribution in [1.29, 1.82) is 0 Å². The fraction of sp³-hybridized carbons (Fsp3) is 0.462. The van der Waals surface area contributed by atoms with Crippen LogP contribution in [-0.2, 0) is 16.1 Å². The Morgan fingerprint density at radius 1 is 1.18 bits per heavy atom. The van der Waals surface area contributed by atoms with Crippen LogP contribution < -0.4 is 10.1 Å². The Hall–Kier alpha value is -2.05. The fourth-order valence-electron chi connectivity index (χ4n) is 4.25. The van der Waals surface area contributed by atoms with Gasteiger partial charge in [0.15, 0.2) is 6.61 Å². The highest BCUT2D eigenvalue weighted by Crippen LogP contribution is 2.28. The van der Waals surface area contributed by atoms with Crippen molar-refractivity contribution in [3.8, 4) is 5.75 Å². The molecule has 3 rings (SSSR count). The minimum absolute atomic E-state index is 0.0843. The van der Waals surface area contributed by atoms with Crippen LogP contribution in [0.25, 0.3) is 0 Å². The zero-order chi connectivity index (χ0) is 23.8. The molecule has 1 aliphatic carbocycles. The van der Waals surface area contributed by atoms with Crippen LogP contribution in [0.15, 0.2) is 46.9 Å². The third-order valence-corrected chi connectivity index (χ3v) is 7.04. The largest absolute Gasteiger partial charge is 0.483 e. The van der Waals surface area contributed by atoms with Crippen LogP contribution >= 0.6 is 27.5 Å². The summed E-state index contributed by atoms with van der Waals surface area (Å²) in [6, 6.07) is 12.7. The number of amides is 2. The number of ether oxygens (including phenoxy) is 1. The van der Waals surface area contributed by atoms with E-state index in [2.05, 4.69) is 21.2 Å². The Labute approximate surface area is 210 Å². The van der Waals surface area contributed by atoms with E-state index in [9.17, 15) is 9.59 Å². The van der Waals surface area contributed by atoms with E-state index in [0.717, 1.165) is 36.8 Å². The number of carbonyl (C=O) groups excluding carboxylic acids is 2. The lowest BCUT2D eigenvalue weighted by Crippen LogP contribution is -2.52. The van der Waals surface area contributed by atoms with Crippen LogP contribution in [0.1, 0.15) is 56.6 Å². The summed E-state index contributed by atoms with van der Waals surface area (Å²) in [5.74, 6) is 0.216. The highest BCUT2D eigenvalue weighted by Gasteiger charge is 2.31. The number of nitrogens with zero attached hydrogens (tertiary/aromatic N) is 1. The molecule has 0 radical (unpaired) electrons. The molecule has 0 saturated heterocycles. The first-order valence-electron chi connectivity index (χ1n) is 11.6. The SMILES string of the molecule is CCC(C(=O)NC1CCCCC1)N(Cc1ccccc1C)C(=O)COc1ccc(Cl)cc1Br. The van der Waals surface area contributed by atoms with E-state index >= 15 is 0 Å². The Balaban J connectivity index is 1.78. The molecule has 2 amide bonds. The lowest BCUT2D eigenvalue weighted by molar-refractivity contribution is -0.143. The van der Waals surface area contributed by atoms with Gasteiger partial charge in [-0.05, 0) is 71.4 Å². The van der Waals surface area contributed by atoms with Crippen molar-refractivity contribution in [3.63, 3.8) is 0 Å². The Morgan fingerprint density at radius 3 is 2.58 bits per heavy atom. The number of halogens is 2. The molecule has 0 spiro atoms. The van der Waals surface area contributed by atoms with Gasteiger partial charge in [0.2, 0.25) is 5.91 Å². The van der Waals surface area contributed by atoms with Crippen LogP contribution in [0.5, 0.6) is 5.75 Å². The van der Waals surface area contributed by atoms with Crippen LogP contribution in [0, 0.1) is 6.92 Å². The molecular weight excluding hydrogens is 504 g/mol. The van der Waals surface area contributed by atoms with Crippen molar-refractivity contribution in [1.82, 2.24) is 10.2 Å². The summed E-state index contributed by atoms with van der Waals surface area (Å²) in [6.45, 7) is 4.15. The van der Waals surface area contributed by atoms with Crippen LogP contribution in [0.3, 0.4) is 0 Å². The minimum atomic E-state index is -0.559. The maximum Gasteiger partial charge on any atom is 0.261 e. The topological polar surface area (TPSA) is 58.6 Å². The molecule has 0 bridgehead atoms. The second-order valence-corrected chi connectivity index (χ2v) is 9.87. The third kappa shape index (κ3) is 7.21. The number of carbonyl (C=O) groups is 2. The van der Waals surface area contributed by atoms with Gasteiger partial charge < -0.3 is 15.0 Å². The molecule has 178 valence electrons. The van der Waals surface area contributed by atoms with Gasteiger partial charge in [0, 0.05) is 17.6 Å². The maximum absolute atomic E-state index is 13.4. The molecule has 1 N–H and O–H groups in total. The molecule has 1 fully saturated rings. The zero-order valence-electron chi connectivity index (χ0n) is 19.3. The highest BCUT2D eigenvalue weighted by molar-refractivity contribution is 9.10. The van der Waals surface area contributed by atoms with Gasteiger partial charge in [0.25, 0.3) is 5.91 Å². The van der Waals surface area contributed by atoms with Gasteiger partial charge >= 0.3 is 0 Å². The average Bonchev–Trinajstić information content (AvgIpc) is 2.80. The van der Waals surface area contributed by atoms with Gasteiger partial charge in [-0.15, -0.1) is 0 Å². The molecule has 7 heteroatoms. The molecule has 2 aromatic carbocycles. The third-order valence-electron chi connectivity index (χ3n) is 6.18. The quantitative estimate of drug-likeness (QED) is 0.425. The second-order valence-electron chi connectivity index (χ2n) is 8.58. The molecule has 0 aliphatic heterocycles. The van der Waals surface area contributed by atoms with E-state index in [1.165, 1.54) is 6.42 Å². The summed E-state index contributed by atoms with van der Waals surface area (Å²) in [5, 5.41) is 3.78. The minimum Gasteiger partial charge on any atom is -0.483 e. The average molecular weight is 536 g/mol. The smallest absolute Gasteiger partial charge is 0.261 e. The van der Waals surface area contributed by atoms with Crippen LogP contribution in [0.2, 0.25) is 5.02 Å². The summed E-state index contributed by atoms with van der Waals surface area (Å²) in [7, 11) is 0. The van der Waals surface area contributed by atoms with Gasteiger partial charge in [0.05, 0.1) is 4.47 Å². The maximum atomic E-state index is 13.4. The van der Waals surface area contributed by atoms with E-state index in [1.807, 2.05) is 38.1 Å². The lowest BCUT2D eigenvalue weighted by atomic mass is 9.95. The van der Waals surface area contributed by atoms with Gasteiger partial charge in [-0.2, -0.15) is 0 Å². The Kier molecular flexibility index (Phi) is 9.63. The summed E-state index contributed by atoms with van der Waals surface area (Å²) in [4.78, 5) is 28.3. The molecule has 1 atom stereocenters. The predicted octanol–water partition coefficient (Wildman–Crippen LogP) is 6.05. The highest BCUT2D eigenvalue weighted by atomic mass is 79.9. The van der Waals surface area contributed by atoms with Crippen LogP contribution in [-0.4, -0.2) is 35.4 Å². The molecule has 1 saturated carbocycles. The van der Waals surface area contributed by atoms with Crippen molar-refractivity contribution in [2.75, 3.05) is 6.61 Å². The number of aryl methyl sites for hydroxylation is 1. The van der Waals surface area contributed by atoms with E-state index in [4.69, 9.17) is 16.3 Å². The number of hydrogen-bond donors (Lipinski definition) is 1. The number of hydrogen-bond acceptors (Lipinski definition) is 3. The molecule has 1 aliphatic rings. The molecule has 33 heavy (non-hydrogen) atoms. The van der Waals surface area contributed by atoms with Crippen molar-refractivity contribution >= 4 is 39.3 Å². The van der Waals surface area contributed by atoms with Crippen molar-refractivity contribution in [2.24, 2.45) is 0 Å². The van der Waals surface area contributed by atoms with Gasteiger partial charge in [0.1, 0.15) is 11.8 Å². The summed E-state index contributed by atoms with van der Waals surface area (Å²) in [5.41, 5.74) is 2.10. The number of rotatable bonds is 9. The van der Waals surface area contributed by atoms with E-state index in [0.29, 0.717) is 28.2 Å². The van der Waals surface area contributed by atoms with Crippen LogP contribution in [0.4, 0.5) is 0 Å². The monoisotopic (exact) mass is 534 g/mol. The number of nitrogens with one attached hydrogen (secondary N) is 1. The van der Waals surface area contributed by atoms with E-state index in [-0.39, 0.29) is 24.5 Å². The standard InChI is InChI=1S/C26H32BrClN2O3/c1-3-23(26(32)29-21-11-5-4-6-12-21)30(16-19-10-8-7-9-18(19)2)25(31)17-33-24-14-13-20(28)15-22(24)27/h7-10,13-15,21,23H,3-6,11-12,16-17H2,1-2H3,(H,29,32). The van der Waals surface area contributed by atoms with Gasteiger partial charge in [-0.3, -0.25) is 9.59 Å². The first kappa shape index (κ1) is 25.6. The summed E-state index contributed by atoms with van der Waals surface area (Å²) in [6.07, 6.45) is 6.03. The molecule has 1 unspecified atom stereocenters. The zero-order valence-corrected chi connectivity index (χ0v) is 21.6. The Bertz CT molecular complexity index is 962. The van der Waals surface area contributed by atoms with Gasteiger partial charge in [-0.25, -0.2) is 0 Å². The van der Waals surface area contributed by atoms with Crippen molar-refractivity contribution in [3.05, 3.63) is 63.1 Å². The predicted molar refractivity (Wildman–Crippen MR) is 135 cm³/mol. The first-order chi connectivity index (χ1) is 15.9. The lowest BCUT2D eigenvalue weighted by Gasteiger charge is -2.33. The molecule has 0 heterocycles. The molecule has 5 nitrogen and oxygen atoms in total. The van der Waals surface area contributed by atoms with E-state index < -0.39 is 6.04 Å². The summed E-state index contributed by atoms with van der Waals surface area (Å²) >= 11 is 9.43. The second kappa shape index (κ2) is 12.4. The molecule has 2 aromatic rings. The van der Waals surface area contributed by atoms with Crippen molar-refractivity contribution in [2.45, 2.75) is 71.0 Å². The van der Waals surface area contributed by atoms with E-state index in [1.54, 1.807) is 23.1 Å². The normalized spacial score (nSPS) is 15.0. The molecule has 0 aromatic heterocycles. The van der Waals surface area contributed by atoms with Crippen molar-refractivity contribution < 1.29 is 14.3 Å². The number of benzene rings is 2. The Morgan fingerprint density at radius 2 is 1.91 bits per heavy atom.